The Hall–Kier alpha value is -0.830. The number of hydrogen-bond donors (Lipinski definition) is 0. The lowest BCUT2D eigenvalue weighted by Gasteiger charge is -2.05. The highest BCUT2D eigenvalue weighted by Gasteiger charge is 2.54. The smallest absolute Gasteiger partial charge is 0.181 e. The molecule has 1 fully saturated rings. The minimum Gasteiger partial charge on any atom is -0.223 e. The van der Waals surface area contributed by atoms with Crippen LogP contribution in [-0.2, 0) is 9.84 Å². The Balaban J connectivity index is 2.37. The van der Waals surface area contributed by atoms with Gasteiger partial charge in [0, 0.05) is 0 Å². The molecule has 0 saturated heterocycles. The van der Waals surface area contributed by atoms with Gasteiger partial charge < -0.3 is 0 Å². The van der Waals surface area contributed by atoms with E-state index >= 15 is 0 Å². The molecule has 2 rings (SSSR count). The topological polar surface area (TPSA) is 34.1 Å². The van der Waals surface area contributed by atoms with Crippen molar-refractivity contribution in [1.82, 2.24) is 0 Å². The lowest BCUT2D eigenvalue weighted by Crippen LogP contribution is -2.12. The van der Waals surface area contributed by atoms with E-state index in [1.807, 2.05) is 19.9 Å². The summed E-state index contributed by atoms with van der Waals surface area (Å²) in [5.41, 5.74) is -0.0331. The van der Waals surface area contributed by atoms with Crippen molar-refractivity contribution >= 4 is 9.84 Å². The first kappa shape index (κ1) is 9.71. The Kier molecular flexibility index (Phi) is 1.96. The van der Waals surface area contributed by atoms with E-state index in [-0.39, 0.29) is 10.7 Å². The standard InChI is InChI=1S/C11H14O2S/c1-11(2)8-10(11)14(12,13)9-6-4-3-5-7-9/h3-7,10H,8H2,1-2H3. The average Bonchev–Trinajstić information content (AvgIpc) is 2.78. The van der Waals surface area contributed by atoms with Crippen LogP contribution in [0, 0.1) is 5.41 Å². The minimum absolute atomic E-state index is 0.0331. The second-order valence-electron chi connectivity index (χ2n) is 4.54. The molecule has 1 unspecified atom stereocenters. The fraction of sp³-hybridized carbons (Fsp3) is 0.455. The highest BCUT2D eigenvalue weighted by Crippen LogP contribution is 2.51. The maximum Gasteiger partial charge on any atom is 0.181 e. The highest BCUT2D eigenvalue weighted by atomic mass is 32.2. The molecule has 76 valence electrons. The summed E-state index contributed by atoms with van der Waals surface area (Å²) in [5, 5.41) is -0.183. The zero-order valence-corrected chi connectivity index (χ0v) is 9.21. The monoisotopic (exact) mass is 210 g/mol. The highest BCUT2D eigenvalue weighted by molar-refractivity contribution is 7.92. The molecular weight excluding hydrogens is 196 g/mol. The quantitative estimate of drug-likeness (QED) is 0.750. The molecule has 0 bridgehead atoms. The zero-order chi connectivity index (χ0) is 10.4. The number of rotatable bonds is 2. The van der Waals surface area contributed by atoms with Crippen LogP contribution < -0.4 is 0 Å². The van der Waals surface area contributed by atoms with Gasteiger partial charge in [-0.1, -0.05) is 32.0 Å². The van der Waals surface area contributed by atoms with Gasteiger partial charge in [-0.25, -0.2) is 8.42 Å². The van der Waals surface area contributed by atoms with Crippen LogP contribution in [0.2, 0.25) is 0 Å². The van der Waals surface area contributed by atoms with Crippen LogP contribution in [0.25, 0.3) is 0 Å². The van der Waals surface area contributed by atoms with Crippen LogP contribution in [-0.4, -0.2) is 13.7 Å². The number of benzene rings is 1. The fourth-order valence-electron chi connectivity index (χ4n) is 1.72. The van der Waals surface area contributed by atoms with Crippen LogP contribution in [0.1, 0.15) is 20.3 Å². The Morgan fingerprint density at radius 2 is 1.71 bits per heavy atom. The molecular formula is C11H14O2S. The van der Waals surface area contributed by atoms with E-state index in [1.54, 1.807) is 24.3 Å². The van der Waals surface area contributed by atoms with Crippen molar-refractivity contribution < 1.29 is 8.42 Å². The Bertz CT molecular complexity index is 432. The molecule has 0 spiro atoms. The molecule has 0 aliphatic heterocycles. The lowest BCUT2D eigenvalue weighted by atomic mass is 10.2. The SMILES string of the molecule is CC1(C)CC1S(=O)(=O)c1ccccc1. The molecule has 0 heterocycles. The molecule has 2 nitrogen and oxygen atoms in total. The van der Waals surface area contributed by atoms with E-state index in [4.69, 9.17) is 0 Å². The second-order valence-corrected chi connectivity index (χ2v) is 6.67. The average molecular weight is 210 g/mol. The van der Waals surface area contributed by atoms with E-state index in [9.17, 15) is 8.42 Å². The van der Waals surface area contributed by atoms with Crippen molar-refractivity contribution in [2.45, 2.75) is 30.4 Å². The molecule has 3 heteroatoms. The van der Waals surface area contributed by atoms with Gasteiger partial charge >= 0.3 is 0 Å². The maximum absolute atomic E-state index is 12.0. The summed E-state index contributed by atoms with van der Waals surface area (Å²) in [6.07, 6.45) is 0.782. The van der Waals surface area contributed by atoms with Crippen molar-refractivity contribution in [3.05, 3.63) is 30.3 Å². The fourth-order valence-corrected chi connectivity index (χ4v) is 4.08. The van der Waals surface area contributed by atoms with Gasteiger partial charge in [0.05, 0.1) is 10.1 Å². The molecule has 1 aliphatic carbocycles. The first-order valence-corrected chi connectivity index (χ1v) is 6.28. The molecule has 1 saturated carbocycles. The lowest BCUT2D eigenvalue weighted by molar-refractivity contribution is 0.579. The predicted molar refractivity (Wildman–Crippen MR) is 55.8 cm³/mol. The summed E-state index contributed by atoms with van der Waals surface area (Å²) < 4.78 is 24.0. The van der Waals surface area contributed by atoms with Gasteiger partial charge in [0.2, 0.25) is 0 Å². The molecule has 0 amide bonds. The van der Waals surface area contributed by atoms with Crippen LogP contribution in [0.4, 0.5) is 0 Å². The zero-order valence-electron chi connectivity index (χ0n) is 8.40. The summed E-state index contributed by atoms with van der Waals surface area (Å²) in [4.78, 5) is 0.454. The molecule has 0 radical (unpaired) electrons. The summed E-state index contributed by atoms with van der Waals surface area (Å²) >= 11 is 0. The van der Waals surface area contributed by atoms with Gasteiger partial charge in [-0.3, -0.25) is 0 Å². The van der Waals surface area contributed by atoms with Crippen LogP contribution >= 0.6 is 0 Å². The van der Waals surface area contributed by atoms with Gasteiger partial charge in [-0.15, -0.1) is 0 Å². The van der Waals surface area contributed by atoms with Crippen molar-refractivity contribution in [2.24, 2.45) is 5.41 Å². The third kappa shape index (κ3) is 1.46. The Labute approximate surface area is 84.9 Å². The van der Waals surface area contributed by atoms with Gasteiger partial charge in [0.15, 0.2) is 9.84 Å². The van der Waals surface area contributed by atoms with Crippen molar-refractivity contribution in [3.63, 3.8) is 0 Å². The normalized spacial score (nSPS) is 24.6. The summed E-state index contributed by atoms with van der Waals surface area (Å²) in [5.74, 6) is 0. The van der Waals surface area contributed by atoms with Crippen molar-refractivity contribution in [2.75, 3.05) is 0 Å². The minimum atomic E-state index is -3.07. The largest absolute Gasteiger partial charge is 0.223 e. The molecule has 1 aromatic carbocycles. The molecule has 14 heavy (non-hydrogen) atoms. The van der Waals surface area contributed by atoms with E-state index < -0.39 is 9.84 Å². The van der Waals surface area contributed by atoms with Crippen molar-refractivity contribution in [1.29, 1.82) is 0 Å². The maximum atomic E-state index is 12.0. The summed E-state index contributed by atoms with van der Waals surface area (Å²) in [6, 6.07) is 8.70. The predicted octanol–water partition coefficient (Wildman–Crippen LogP) is 2.26. The first-order chi connectivity index (χ1) is 6.44. The van der Waals surface area contributed by atoms with Crippen LogP contribution in [0.3, 0.4) is 0 Å². The third-order valence-corrected chi connectivity index (χ3v) is 5.35. The van der Waals surface area contributed by atoms with Gasteiger partial charge in [-0.05, 0) is 24.0 Å². The van der Waals surface area contributed by atoms with E-state index in [1.165, 1.54) is 0 Å². The Morgan fingerprint density at radius 3 is 2.14 bits per heavy atom. The van der Waals surface area contributed by atoms with E-state index in [0.29, 0.717) is 4.90 Å². The van der Waals surface area contributed by atoms with Gasteiger partial charge in [0.1, 0.15) is 0 Å². The van der Waals surface area contributed by atoms with Crippen molar-refractivity contribution in [3.8, 4) is 0 Å². The molecule has 1 aromatic rings. The second kappa shape index (κ2) is 2.83. The van der Waals surface area contributed by atoms with Crippen LogP contribution in [0.15, 0.2) is 35.2 Å². The summed E-state index contributed by atoms with van der Waals surface area (Å²) in [6.45, 7) is 4.00. The molecule has 1 aliphatic rings. The first-order valence-electron chi connectivity index (χ1n) is 4.73. The Morgan fingerprint density at radius 1 is 1.21 bits per heavy atom. The van der Waals surface area contributed by atoms with Gasteiger partial charge in [-0.2, -0.15) is 0 Å². The number of hydrogen-bond acceptors (Lipinski definition) is 2. The number of sulfone groups is 1. The van der Waals surface area contributed by atoms with E-state index in [0.717, 1.165) is 6.42 Å². The molecule has 0 N–H and O–H groups in total. The molecule has 1 atom stereocenters. The third-order valence-electron chi connectivity index (χ3n) is 2.87. The molecule has 0 aromatic heterocycles. The summed E-state index contributed by atoms with van der Waals surface area (Å²) in [7, 11) is -3.07. The van der Waals surface area contributed by atoms with E-state index in [2.05, 4.69) is 0 Å². The van der Waals surface area contributed by atoms with Crippen LogP contribution in [0.5, 0.6) is 0 Å². The van der Waals surface area contributed by atoms with Gasteiger partial charge in [0.25, 0.3) is 0 Å².